The number of nitrogens with zero attached hydrogens (tertiary/aromatic N) is 1. The lowest BCUT2D eigenvalue weighted by Gasteiger charge is -2.02. The summed E-state index contributed by atoms with van der Waals surface area (Å²) in [6.07, 6.45) is 0.695. The van der Waals surface area contributed by atoms with Gasteiger partial charge in [0.2, 0.25) is 0 Å². The molecule has 1 amide bonds. The quantitative estimate of drug-likeness (QED) is 0.601. The van der Waals surface area contributed by atoms with E-state index in [1.807, 2.05) is 50.2 Å². The third-order valence-electron chi connectivity index (χ3n) is 3.78. The van der Waals surface area contributed by atoms with Gasteiger partial charge in [-0.2, -0.15) is 0 Å². The number of hydrogen-bond acceptors (Lipinski definition) is 3. The normalized spacial score (nSPS) is 10.7. The number of anilines is 1. The minimum atomic E-state index is -0.158. The Balaban J connectivity index is 1.74. The van der Waals surface area contributed by atoms with Crippen molar-refractivity contribution >= 4 is 45.6 Å². The SMILES string of the molecule is Cc1ccc(C(=O)Nc2nc(C)c(Cc3ccc(Cl)c(Cl)c3)s2)cc1. The second kappa shape index (κ2) is 7.56. The molecule has 1 N–H and O–H groups in total. The fraction of sp³-hybridized carbons (Fsp3) is 0.158. The Hall–Kier alpha value is -1.88. The van der Waals surface area contributed by atoms with Gasteiger partial charge in [0, 0.05) is 16.9 Å². The van der Waals surface area contributed by atoms with Crippen molar-refractivity contribution in [1.82, 2.24) is 4.98 Å². The summed E-state index contributed by atoms with van der Waals surface area (Å²) in [6.45, 7) is 3.92. The zero-order valence-corrected chi connectivity index (χ0v) is 16.1. The van der Waals surface area contributed by atoms with E-state index in [2.05, 4.69) is 10.3 Å². The first-order valence-electron chi connectivity index (χ1n) is 7.70. The molecule has 0 unspecified atom stereocenters. The summed E-state index contributed by atoms with van der Waals surface area (Å²) in [4.78, 5) is 17.8. The highest BCUT2D eigenvalue weighted by Crippen LogP contribution is 2.28. The number of aromatic nitrogens is 1. The predicted molar refractivity (Wildman–Crippen MR) is 105 cm³/mol. The molecule has 2 aromatic carbocycles. The highest BCUT2D eigenvalue weighted by molar-refractivity contribution is 7.15. The molecule has 3 rings (SSSR count). The Morgan fingerprint density at radius 3 is 2.48 bits per heavy atom. The van der Waals surface area contributed by atoms with Crippen LogP contribution in [0.1, 0.15) is 32.1 Å². The van der Waals surface area contributed by atoms with E-state index in [0.29, 0.717) is 27.2 Å². The Labute approximate surface area is 160 Å². The molecule has 0 saturated carbocycles. The van der Waals surface area contributed by atoms with Crippen LogP contribution in [0.25, 0.3) is 0 Å². The van der Waals surface area contributed by atoms with Crippen LogP contribution in [-0.2, 0) is 6.42 Å². The summed E-state index contributed by atoms with van der Waals surface area (Å²) in [5.74, 6) is -0.158. The minimum absolute atomic E-state index is 0.158. The summed E-state index contributed by atoms with van der Waals surface area (Å²) in [5.41, 5.74) is 3.68. The van der Waals surface area contributed by atoms with Crippen LogP contribution >= 0.6 is 34.5 Å². The van der Waals surface area contributed by atoms with Crippen molar-refractivity contribution in [2.75, 3.05) is 5.32 Å². The first-order valence-corrected chi connectivity index (χ1v) is 9.28. The van der Waals surface area contributed by atoms with E-state index in [4.69, 9.17) is 23.2 Å². The number of carbonyl (C=O) groups excluding carboxylic acids is 1. The van der Waals surface area contributed by atoms with Crippen LogP contribution in [0.5, 0.6) is 0 Å². The van der Waals surface area contributed by atoms with Crippen molar-refractivity contribution in [3.05, 3.63) is 79.8 Å². The van der Waals surface area contributed by atoms with E-state index in [0.717, 1.165) is 21.7 Å². The number of hydrogen-bond donors (Lipinski definition) is 1. The second-order valence-electron chi connectivity index (χ2n) is 5.77. The number of thiazole rings is 1. The number of nitrogens with one attached hydrogen (secondary N) is 1. The van der Waals surface area contributed by atoms with Gasteiger partial charge >= 0.3 is 0 Å². The van der Waals surface area contributed by atoms with Crippen LogP contribution in [0.4, 0.5) is 5.13 Å². The summed E-state index contributed by atoms with van der Waals surface area (Å²) in [5, 5.41) is 4.54. The maximum Gasteiger partial charge on any atom is 0.257 e. The molecule has 0 aliphatic carbocycles. The van der Waals surface area contributed by atoms with Gasteiger partial charge in [-0.25, -0.2) is 4.98 Å². The molecule has 0 radical (unpaired) electrons. The molecule has 0 saturated heterocycles. The molecule has 0 aliphatic heterocycles. The van der Waals surface area contributed by atoms with Gasteiger partial charge in [-0.05, 0) is 43.7 Å². The minimum Gasteiger partial charge on any atom is -0.298 e. The third kappa shape index (κ3) is 4.40. The van der Waals surface area contributed by atoms with Gasteiger partial charge in [0.15, 0.2) is 5.13 Å². The van der Waals surface area contributed by atoms with Gasteiger partial charge in [0.05, 0.1) is 15.7 Å². The van der Waals surface area contributed by atoms with Gasteiger partial charge in [0.1, 0.15) is 0 Å². The highest BCUT2D eigenvalue weighted by atomic mass is 35.5. The Morgan fingerprint density at radius 1 is 1.08 bits per heavy atom. The van der Waals surface area contributed by atoms with Crippen molar-refractivity contribution < 1.29 is 4.79 Å². The average Bonchev–Trinajstić information content (AvgIpc) is 2.91. The van der Waals surface area contributed by atoms with Crippen LogP contribution in [0.15, 0.2) is 42.5 Å². The second-order valence-corrected chi connectivity index (χ2v) is 7.67. The fourth-order valence-corrected chi connectivity index (χ4v) is 3.67. The average molecular weight is 391 g/mol. The van der Waals surface area contributed by atoms with Crippen molar-refractivity contribution in [1.29, 1.82) is 0 Å². The van der Waals surface area contributed by atoms with E-state index >= 15 is 0 Å². The van der Waals surface area contributed by atoms with Crippen LogP contribution in [0, 0.1) is 13.8 Å². The van der Waals surface area contributed by atoms with E-state index < -0.39 is 0 Å². The lowest BCUT2D eigenvalue weighted by molar-refractivity contribution is 0.102. The summed E-state index contributed by atoms with van der Waals surface area (Å²) >= 11 is 13.5. The number of carbonyl (C=O) groups is 1. The lowest BCUT2D eigenvalue weighted by Crippen LogP contribution is -2.11. The maximum absolute atomic E-state index is 12.3. The third-order valence-corrected chi connectivity index (χ3v) is 5.59. The zero-order valence-electron chi connectivity index (χ0n) is 13.8. The number of halogens is 2. The summed E-state index contributed by atoms with van der Waals surface area (Å²) in [6, 6.07) is 13.0. The molecule has 3 nitrogen and oxygen atoms in total. The molecule has 0 atom stereocenters. The molecule has 25 heavy (non-hydrogen) atoms. The molecule has 0 fully saturated rings. The van der Waals surface area contributed by atoms with Crippen molar-refractivity contribution in [2.24, 2.45) is 0 Å². The highest BCUT2D eigenvalue weighted by Gasteiger charge is 2.13. The Morgan fingerprint density at radius 2 is 1.80 bits per heavy atom. The van der Waals surface area contributed by atoms with Gasteiger partial charge < -0.3 is 0 Å². The Bertz CT molecular complexity index is 920. The largest absolute Gasteiger partial charge is 0.298 e. The standard InChI is InChI=1S/C19H16Cl2N2OS/c1-11-3-6-14(7-4-11)18(24)23-19-22-12(2)17(25-19)10-13-5-8-15(20)16(21)9-13/h3-9H,10H2,1-2H3,(H,22,23,24). The van der Waals surface area contributed by atoms with E-state index in [1.165, 1.54) is 11.3 Å². The van der Waals surface area contributed by atoms with E-state index in [9.17, 15) is 4.79 Å². The lowest BCUT2D eigenvalue weighted by atomic mass is 10.1. The van der Waals surface area contributed by atoms with Gasteiger partial charge in [-0.3, -0.25) is 10.1 Å². The first kappa shape index (κ1) is 17.9. The molecular formula is C19H16Cl2N2OS. The van der Waals surface area contributed by atoms with Gasteiger partial charge in [0.25, 0.3) is 5.91 Å². The number of rotatable bonds is 4. The molecule has 0 bridgehead atoms. The fourth-order valence-electron chi connectivity index (χ4n) is 2.35. The molecule has 3 aromatic rings. The van der Waals surface area contributed by atoms with Gasteiger partial charge in [-0.15, -0.1) is 11.3 Å². The molecule has 1 aromatic heterocycles. The maximum atomic E-state index is 12.3. The van der Waals surface area contributed by atoms with Crippen LogP contribution in [-0.4, -0.2) is 10.9 Å². The molecular weight excluding hydrogens is 375 g/mol. The van der Waals surface area contributed by atoms with Crippen molar-refractivity contribution in [2.45, 2.75) is 20.3 Å². The smallest absolute Gasteiger partial charge is 0.257 e. The van der Waals surface area contributed by atoms with Gasteiger partial charge in [-0.1, -0.05) is 47.0 Å². The van der Waals surface area contributed by atoms with E-state index in [1.54, 1.807) is 6.07 Å². The number of amides is 1. The van der Waals surface area contributed by atoms with Crippen molar-refractivity contribution in [3.8, 4) is 0 Å². The van der Waals surface area contributed by atoms with Crippen molar-refractivity contribution in [3.63, 3.8) is 0 Å². The summed E-state index contributed by atoms with van der Waals surface area (Å²) < 4.78 is 0. The molecule has 6 heteroatoms. The number of benzene rings is 2. The monoisotopic (exact) mass is 390 g/mol. The topological polar surface area (TPSA) is 42.0 Å². The molecule has 1 heterocycles. The van der Waals surface area contributed by atoms with Crippen LogP contribution in [0.2, 0.25) is 10.0 Å². The predicted octanol–water partition coefficient (Wildman–Crippen LogP) is 5.91. The first-order chi connectivity index (χ1) is 11.9. The van der Waals surface area contributed by atoms with Crippen LogP contribution in [0.3, 0.4) is 0 Å². The summed E-state index contributed by atoms with van der Waals surface area (Å²) in [7, 11) is 0. The molecule has 0 spiro atoms. The van der Waals surface area contributed by atoms with E-state index in [-0.39, 0.29) is 5.91 Å². The zero-order chi connectivity index (χ0) is 18.0. The van der Waals surface area contributed by atoms with Crippen LogP contribution < -0.4 is 5.32 Å². The Kier molecular flexibility index (Phi) is 5.42. The number of aryl methyl sites for hydroxylation is 2. The molecule has 128 valence electrons. The molecule has 0 aliphatic rings.